The normalized spacial score (nSPS) is 15.6. The Morgan fingerprint density at radius 1 is 1.04 bits per heavy atom. The molecule has 0 radical (unpaired) electrons. The van der Waals surface area contributed by atoms with Gasteiger partial charge < -0.3 is 9.80 Å². The van der Waals surface area contributed by atoms with Gasteiger partial charge in [-0.15, -0.1) is 0 Å². The maximum atomic E-state index is 4.34. The van der Waals surface area contributed by atoms with Gasteiger partial charge >= 0.3 is 0 Å². The summed E-state index contributed by atoms with van der Waals surface area (Å²) in [6.07, 6.45) is 2.13. The zero-order valence-electron chi connectivity index (χ0n) is 18.2. The molecule has 0 bridgehead atoms. The second-order valence-corrected chi connectivity index (χ2v) is 7.63. The fraction of sp³-hybridized carbons (Fsp3) is 0.333. The number of anilines is 1. The molecule has 3 nitrogen and oxygen atoms in total. The van der Waals surface area contributed by atoms with E-state index >= 15 is 0 Å². The van der Waals surface area contributed by atoms with Gasteiger partial charge in [-0.3, -0.25) is 4.90 Å². The number of benzene rings is 1. The molecule has 2 rings (SSSR count). The quantitative estimate of drug-likeness (QED) is 0.625. The zero-order valence-corrected chi connectivity index (χ0v) is 18.2. The molecule has 0 spiro atoms. The van der Waals surface area contributed by atoms with Gasteiger partial charge in [0.2, 0.25) is 0 Å². The first-order chi connectivity index (χ1) is 12.5. The van der Waals surface area contributed by atoms with Crippen LogP contribution in [0.5, 0.6) is 0 Å². The molecule has 144 valence electrons. The number of hydrogen-bond donors (Lipinski definition) is 0. The van der Waals surface area contributed by atoms with E-state index in [-0.39, 0.29) is 0 Å². The van der Waals surface area contributed by atoms with Crippen LogP contribution in [0.15, 0.2) is 66.4 Å². The lowest BCUT2D eigenvalue weighted by molar-refractivity contribution is 0.487. The third kappa shape index (κ3) is 3.73. The first kappa shape index (κ1) is 20.6. The van der Waals surface area contributed by atoms with Crippen LogP contribution < -0.4 is 4.90 Å². The maximum absolute atomic E-state index is 4.34. The van der Waals surface area contributed by atoms with E-state index in [1.54, 1.807) is 0 Å². The highest BCUT2D eigenvalue weighted by Gasteiger charge is 2.27. The number of likely N-dealkylation sites (N-methyl/N-ethyl adjacent to an activating group) is 1. The minimum atomic E-state index is 0.917. The lowest BCUT2D eigenvalue weighted by Gasteiger charge is -2.41. The Kier molecular flexibility index (Phi) is 5.74. The molecule has 0 aromatic heterocycles. The van der Waals surface area contributed by atoms with Gasteiger partial charge in [-0.1, -0.05) is 25.8 Å². The fourth-order valence-corrected chi connectivity index (χ4v) is 3.38. The molecular weight excluding hydrogens is 330 g/mol. The van der Waals surface area contributed by atoms with Crippen LogP contribution in [0.2, 0.25) is 0 Å². The number of allylic oxidation sites excluding steroid dienone is 4. The van der Waals surface area contributed by atoms with Crippen molar-refractivity contribution in [3.8, 4) is 0 Å². The van der Waals surface area contributed by atoms with Gasteiger partial charge in [0.15, 0.2) is 0 Å². The summed E-state index contributed by atoms with van der Waals surface area (Å²) < 4.78 is 0. The van der Waals surface area contributed by atoms with Crippen molar-refractivity contribution in [2.24, 2.45) is 0 Å². The summed E-state index contributed by atoms with van der Waals surface area (Å²) in [5, 5.41) is 0. The minimum Gasteiger partial charge on any atom is -0.378 e. The molecule has 0 N–H and O–H groups in total. The van der Waals surface area contributed by atoms with E-state index < -0.39 is 0 Å². The highest BCUT2D eigenvalue weighted by Crippen LogP contribution is 2.39. The van der Waals surface area contributed by atoms with Crippen molar-refractivity contribution >= 4 is 11.3 Å². The Morgan fingerprint density at radius 3 is 2.19 bits per heavy atom. The summed E-state index contributed by atoms with van der Waals surface area (Å²) in [7, 11) is 6.07. The minimum absolute atomic E-state index is 0.917. The summed E-state index contributed by atoms with van der Waals surface area (Å²) in [5.74, 6) is 0.917. The van der Waals surface area contributed by atoms with Gasteiger partial charge in [-0.05, 0) is 74.6 Å². The van der Waals surface area contributed by atoms with Crippen LogP contribution in [0, 0.1) is 13.8 Å². The second-order valence-electron chi connectivity index (χ2n) is 7.63. The molecular formula is C24H33N3. The van der Waals surface area contributed by atoms with Crippen molar-refractivity contribution in [1.82, 2.24) is 9.80 Å². The van der Waals surface area contributed by atoms with Crippen LogP contribution in [0.1, 0.15) is 37.5 Å². The van der Waals surface area contributed by atoms with E-state index in [1.807, 2.05) is 19.0 Å². The van der Waals surface area contributed by atoms with Crippen molar-refractivity contribution in [3.63, 3.8) is 0 Å². The van der Waals surface area contributed by atoms with Crippen LogP contribution in [-0.2, 0) is 0 Å². The molecule has 1 aliphatic rings. The average Bonchev–Trinajstić information content (AvgIpc) is 2.59. The third-order valence-electron chi connectivity index (χ3n) is 5.56. The molecule has 0 fully saturated rings. The van der Waals surface area contributed by atoms with Gasteiger partial charge in [-0.25, -0.2) is 0 Å². The lowest BCUT2D eigenvalue weighted by atomic mass is 9.96. The highest BCUT2D eigenvalue weighted by molar-refractivity contribution is 5.76. The Balaban J connectivity index is 2.61. The molecule has 0 unspecified atom stereocenters. The van der Waals surface area contributed by atoms with Crippen molar-refractivity contribution in [2.75, 3.05) is 26.0 Å². The number of aryl methyl sites for hydroxylation is 2. The average molecular weight is 364 g/mol. The van der Waals surface area contributed by atoms with Crippen molar-refractivity contribution in [3.05, 3.63) is 83.1 Å². The molecule has 3 heteroatoms. The SMILES string of the molecule is C=C(C=C(C)c1cc(N2C(=C)C(C)=C(C)N(C)C2=C)c(C)cc1C)N(C)C. The van der Waals surface area contributed by atoms with E-state index in [0.717, 1.165) is 22.9 Å². The molecule has 0 amide bonds. The van der Waals surface area contributed by atoms with Gasteiger partial charge in [0.05, 0.1) is 5.69 Å². The Labute approximate surface area is 165 Å². The number of rotatable bonds is 4. The van der Waals surface area contributed by atoms with Crippen LogP contribution >= 0.6 is 0 Å². The summed E-state index contributed by atoms with van der Waals surface area (Å²) in [6, 6.07) is 4.49. The monoisotopic (exact) mass is 363 g/mol. The van der Waals surface area contributed by atoms with E-state index in [4.69, 9.17) is 0 Å². The Bertz CT molecular complexity index is 881. The molecule has 1 aromatic carbocycles. The lowest BCUT2D eigenvalue weighted by Crippen LogP contribution is -2.36. The van der Waals surface area contributed by atoms with Gasteiger partial charge in [0, 0.05) is 38.2 Å². The van der Waals surface area contributed by atoms with Gasteiger partial charge in [-0.2, -0.15) is 0 Å². The number of hydrogen-bond acceptors (Lipinski definition) is 3. The fourth-order valence-electron chi connectivity index (χ4n) is 3.38. The van der Waals surface area contributed by atoms with Crippen molar-refractivity contribution in [1.29, 1.82) is 0 Å². The maximum Gasteiger partial charge on any atom is 0.110 e. The number of nitrogens with zero attached hydrogens (tertiary/aromatic N) is 3. The molecule has 1 heterocycles. The third-order valence-corrected chi connectivity index (χ3v) is 5.56. The van der Waals surface area contributed by atoms with Crippen LogP contribution in [0.4, 0.5) is 5.69 Å². The van der Waals surface area contributed by atoms with E-state index in [0.29, 0.717) is 0 Å². The molecule has 0 saturated heterocycles. The molecule has 0 saturated carbocycles. The van der Waals surface area contributed by atoms with Crippen LogP contribution in [-0.4, -0.2) is 30.9 Å². The first-order valence-electron chi connectivity index (χ1n) is 9.23. The van der Waals surface area contributed by atoms with E-state index in [1.165, 1.54) is 33.5 Å². The molecule has 1 aromatic rings. The zero-order chi connectivity index (χ0) is 20.6. The largest absolute Gasteiger partial charge is 0.378 e. The molecule has 1 aliphatic heterocycles. The predicted octanol–water partition coefficient (Wildman–Crippen LogP) is 5.81. The standard InChI is InChI=1S/C24H33N3/c1-15-12-17(3)24(14-23(15)16(2)13-18(4)25(9)10)27-21(7)19(5)20(6)26(11)22(27)8/h12-14H,4,7-8H2,1-3,5-6,9-11H3. The molecule has 0 atom stereocenters. The summed E-state index contributed by atoms with van der Waals surface area (Å²) in [4.78, 5) is 6.31. The summed E-state index contributed by atoms with van der Waals surface area (Å²) >= 11 is 0. The van der Waals surface area contributed by atoms with Gasteiger partial charge in [0.25, 0.3) is 0 Å². The van der Waals surface area contributed by atoms with Crippen LogP contribution in [0.3, 0.4) is 0 Å². The Hall–Kier alpha value is -2.68. The predicted molar refractivity (Wildman–Crippen MR) is 119 cm³/mol. The smallest absolute Gasteiger partial charge is 0.110 e. The van der Waals surface area contributed by atoms with Crippen molar-refractivity contribution in [2.45, 2.75) is 34.6 Å². The summed E-state index contributed by atoms with van der Waals surface area (Å²) in [5.41, 5.74) is 10.3. The second kappa shape index (κ2) is 7.51. The Morgan fingerprint density at radius 2 is 1.63 bits per heavy atom. The van der Waals surface area contributed by atoms with Gasteiger partial charge in [0.1, 0.15) is 5.82 Å². The molecule has 27 heavy (non-hydrogen) atoms. The first-order valence-corrected chi connectivity index (χ1v) is 9.23. The molecule has 0 aliphatic carbocycles. The highest BCUT2D eigenvalue weighted by atomic mass is 15.3. The summed E-state index contributed by atoms with van der Waals surface area (Å²) in [6.45, 7) is 23.5. The van der Waals surface area contributed by atoms with E-state index in [9.17, 15) is 0 Å². The van der Waals surface area contributed by atoms with Crippen LogP contribution in [0.25, 0.3) is 5.57 Å². The topological polar surface area (TPSA) is 9.72 Å². The van der Waals surface area contributed by atoms with Crippen molar-refractivity contribution < 1.29 is 0 Å². The van der Waals surface area contributed by atoms with E-state index in [2.05, 4.69) is 89.4 Å².